The molecule has 0 spiro atoms. The van der Waals surface area contributed by atoms with Gasteiger partial charge in [0.15, 0.2) is 0 Å². The molecule has 0 bridgehead atoms. The molecule has 1 aromatic carbocycles. The lowest BCUT2D eigenvalue weighted by Crippen LogP contribution is -2.45. The van der Waals surface area contributed by atoms with Crippen LogP contribution in [0.1, 0.15) is 31.9 Å². The molecule has 0 unspecified atom stereocenters. The smallest absolute Gasteiger partial charge is 0.0372 e. The van der Waals surface area contributed by atoms with Crippen molar-refractivity contribution in [1.29, 1.82) is 0 Å². The highest BCUT2D eigenvalue weighted by Gasteiger charge is 2.23. The number of allylic oxidation sites excluding steroid dienone is 2. The number of hydrogen-bond donors (Lipinski definition) is 0. The maximum absolute atomic E-state index is 4.07. The van der Waals surface area contributed by atoms with Crippen molar-refractivity contribution in [1.82, 2.24) is 0 Å². The van der Waals surface area contributed by atoms with E-state index in [0.717, 1.165) is 17.1 Å². The first-order valence-electron chi connectivity index (χ1n) is 6.20. The van der Waals surface area contributed by atoms with Crippen LogP contribution >= 0.6 is 0 Å². The maximum atomic E-state index is 4.07. The Bertz CT molecular complexity index is 464. The van der Waals surface area contributed by atoms with E-state index in [0.29, 0.717) is 0 Å². The minimum Gasteiger partial charge on any atom is -0.371 e. The van der Waals surface area contributed by atoms with Crippen molar-refractivity contribution < 1.29 is 0 Å². The summed E-state index contributed by atoms with van der Waals surface area (Å²) in [6.07, 6.45) is 0. The van der Waals surface area contributed by atoms with Gasteiger partial charge in [0.2, 0.25) is 0 Å². The third-order valence-electron chi connectivity index (χ3n) is 3.35. The third kappa shape index (κ3) is 2.28. The Morgan fingerprint density at radius 2 is 1.71 bits per heavy atom. The van der Waals surface area contributed by atoms with Crippen molar-refractivity contribution in [2.45, 2.75) is 20.8 Å². The van der Waals surface area contributed by atoms with Crippen LogP contribution in [0.25, 0.3) is 11.1 Å². The second-order valence-electron chi connectivity index (χ2n) is 5.30. The molecule has 0 aliphatic carbocycles. The molecule has 1 heteroatoms. The molecular weight excluding hydrogens is 206 g/mol. The predicted octanol–water partition coefficient (Wildman–Crippen LogP) is 4.21. The summed E-state index contributed by atoms with van der Waals surface area (Å²) >= 11 is 0. The van der Waals surface area contributed by atoms with Crippen molar-refractivity contribution in [2.24, 2.45) is 5.92 Å². The van der Waals surface area contributed by atoms with Gasteiger partial charge in [-0.15, -0.1) is 0 Å². The number of hydrogen-bond acceptors (Lipinski definition) is 1. The van der Waals surface area contributed by atoms with E-state index in [1.807, 2.05) is 6.92 Å². The Morgan fingerprint density at radius 3 is 2.18 bits per heavy atom. The quantitative estimate of drug-likeness (QED) is 0.747. The molecule has 0 radical (unpaired) electrons. The van der Waals surface area contributed by atoms with Gasteiger partial charge in [0.1, 0.15) is 0 Å². The molecule has 90 valence electrons. The summed E-state index contributed by atoms with van der Waals surface area (Å²) in [7, 11) is 0. The second-order valence-corrected chi connectivity index (χ2v) is 5.30. The van der Waals surface area contributed by atoms with Gasteiger partial charge in [-0.2, -0.15) is 0 Å². The van der Waals surface area contributed by atoms with Gasteiger partial charge in [0.25, 0.3) is 0 Å². The first kappa shape index (κ1) is 12.0. The topological polar surface area (TPSA) is 3.24 Å². The molecule has 0 atom stereocenters. The van der Waals surface area contributed by atoms with E-state index in [1.165, 1.54) is 29.9 Å². The lowest BCUT2D eigenvalue weighted by atomic mass is 9.94. The zero-order chi connectivity index (χ0) is 12.6. The molecule has 2 rings (SSSR count). The molecule has 0 saturated carbocycles. The summed E-state index contributed by atoms with van der Waals surface area (Å²) in [6.45, 7) is 16.8. The molecule has 0 N–H and O–H groups in total. The third-order valence-corrected chi connectivity index (χ3v) is 3.35. The van der Waals surface area contributed by atoms with Gasteiger partial charge in [-0.3, -0.25) is 0 Å². The second kappa shape index (κ2) is 4.40. The van der Waals surface area contributed by atoms with Crippen LogP contribution in [0.2, 0.25) is 0 Å². The summed E-state index contributed by atoms with van der Waals surface area (Å²) in [6, 6.07) is 6.62. The van der Waals surface area contributed by atoms with Crippen LogP contribution in [0.5, 0.6) is 0 Å². The van der Waals surface area contributed by atoms with Crippen molar-refractivity contribution in [2.75, 3.05) is 18.0 Å². The largest absolute Gasteiger partial charge is 0.371 e. The molecule has 1 fully saturated rings. The molecule has 17 heavy (non-hydrogen) atoms. The van der Waals surface area contributed by atoms with Crippen LogP contribution in [-0.4, -0.2) is 13.1 Å². The molecule has 1 saturated heterocycles. The number of anilines is 1. The fraction of sp³-hybridized carbons (Fsp3) is 0.375. The van der Waals surface area contributed by atoms with Gasteiger partial charge in [0, 0.05) is 18.8 Å². The van der Waals surface area contributed by atoms with Crippen LogP contribution in [0.3, 0.4) is 0 Å². The highest BCUT2D eigenvalue weighted by atomic mass is 15.2. The lowest BCUT2D eigenvalue weighted by molar-refractivity contribution is 0.447. The van der Waals surface area contributed by atoms with E-state index in [4.69, 9.17) is 0 Å². The number of benzene rings is 1. The van der Waals surface area contributed by atoms with Crippen LogP contribution in [0.15, 0.2) is 31.4 Å². The highest BCUT2D eigenvalue weighted by Crippen LogP contribution is 2.31. The Morgan fingerprint density at radius 1 is 1.12 bits per heavy atom. The summed E-state index contributed by atoms with van der Waals surface area (Å²) < 4.78 is 0. The average molecular weight is 227 g/mol. The molecule has 1 nitrogen and oxygen atoms in total. The summed E-state index contributed by atoms with van der Waals surface area (Å²) in [5.41, 5.74) is 5.97. The van der Waals surface area contributed by atoms with Crippen LogP contribution in [-0.2, 0) is 0 Å². The van der Waals surface area contributed by atoms with Crippen molar-refractivity contribution in [3.05, 3.63) is 42.5 Å². The van der Waals surface area contributed by atoms with Crippen LogP contribution < -0.4 is 4.90 Å². The number of nitrogens with zero attached hydrogens (tertiary/aromatic N) is 1. The zero-order valence-corrected chi connectivity index (χ0v) is 11.1. The van der Waals surface area contributed by atoms with Crippen LogP contribution in [0.4, 0.5) is 5.69 Å². The average Bonchev–Trinajstić information content (AvgIpc) is 2.23. The van der Waals surface area contributed by atoms with E-state index in [-0.39, 0.29) is 0 Å². The first-order valence-corrected chi connectivity index (χ1v) is 6.20. The Hall–Kier alpha value is -1.50. The minimum absolute atomic E-state index is 0.823. The Labute approximate surface area is 104 Å². The normalized spacial score (nSPS) is 15.6. The number of rotatable bonds is 3. The predicted molar refractivity (Wildman–Crippen MR) is 77.2 cm³/mol. The SMILES string of the molecule is C=C(C)c1ccc(N2CC(C)C2)cc1C(=C)C. The van der Waals surface area contributed by atoms with E-state index >= 15 is 0 Å². The van der Waals surface area contributed by atoms with E-state index in [2.05, 4.69) is 50.1 Å². The summed E-state index contributed by atoms with van der Waals surface area (Å²) in [5, 5.41) is 0. The Balaban J connectivity index is 2.35. The Kier molecular flexibility index (Phi) is 3.10. The molecule has 0 amide bonds. The maximum Gasteiger partial charge on any atom is 0.0372 e. The fourth-order valence-electron chi connectivity index (χ4n) is 2.36. The van der Waals surface area contributed by atoms with Crippen molar-refractivity contribution >= 4 is 16.8 Å². The van der Waals surface area contributed by atoms with E-state index < -0.39 is 0 Å². The van der Waals surface area contributed by atoms with Crippen molar-refractivity contribution in [3.63, 3.8) is 0 Å². The monoisotopic (exact) mass is 227 g/mol. The lowest BCUT2D eigenvalue weighted by Gasteiger charge is -2.39. The van der Waals surface area contributed by atoms with Gasteiger partial charge in [-0.1, -0.05) is 37.3 Å². The summed E-state index contributed by atoms with van der Waals surface area (Å²) in [5.74, 6) is 0.823. The molecule has 1 aromatic rings. The van der Waals surface area contributed by atoms with E-state index in [9.17, 15) is 0 Å². The first-order chi connectivity index (χ1) is 7.99. The van der Waals surface area contributed by atoms with Gasteiger partial charge < -0.3 is 4.90 Å². The highest BCUT2D eigenvalue weighted by molar-refractivity contribution is 5.79. The van der Waals surface area contributed by atoms with E-state index in [1.54, 1.807) is 0 Å². The zero-order valence-electron chi connectivity index (χ0n) is 11.1. The molecule has 1 aliphatic heterocycles. The van der Waals surface area contributed by atoms with Gasteiger partial charge in [0.05, 0.1) is 0 Å². The molecule has 1 heterocycles. The molecular formula is C16H21N. The van der Waals surface area contributed by atoms with Gasteiger partial charge in [-0.25, -0.2) is 0 Å². The molecule has 0 aromatic heterocycles. The molecule has 1 aliphatic rings. The standard InChI is InChI=1S/C16H21N/c1-11(2)15-7-6-14(8-16(15)12(3)4)17-9-13(5)10-17/h6-8,13H,1,3,9-10H2,2,4-5H3. The minimum atomic E-state index is 0.823. The summed E-state index contributed by atoms with van der Waals surface area (Å²) in [4.78, 5) is 2.42. The van der Waals surface area contributed by atoms with Gasteiger partial charge in [-0.05, 0) is 43.0 Å². The van der Waals surface area contributed by atoms with Gasteiger partial charge >= 0.3 is 0 Å². The van der Waals surface area contributed by atoms with Crippen LogP contribution in [0, 0.1) is 5.92 Å². The van der Waals surface area contributed by atoms with Crippen molar-refractivity contribution in [3.8, 4) is 0 Å². The fourth-order valence-corrected chi connectivity index (χ4v) is 2.36.